The molecule has 0 saturated carbocycles. The van der Waals surface area contributed by atoms with Crippen LogP contribution in [0.3, 0.4) is 0 Å². The predicted octanol–water partition coefficient (Wildman–Crippen LogP) is 3.44. The van der Waals surface area contributed by atoms with Crippen LogP contribution in [0.2, 0.25) is 5.02 Å². The number of nitrogens with zero attached hydrogens (tertiary/aromatic N) is 1. The van der Waals surface area contributed by atoms with Gasteiger partial charge in [0, 0.05) is 25.2 Å². The highest BCUT2D eigenvalue weighted by Crippen LogP contribution is 2.19. The maximum absolute atomic E-state index is 13.2. The van der Waals surface area contributed by atoms with Crippen molar-refractivity contribution in [2.75, 3.05) is 13.1 Å². The van der Waals surface area contributed by atoms with E-state index >= 15 is 0 Å². The molecule has 1 aliphatic heterocycles. The van der Waals surface area contributed by atoms with Gasteiger partial charge in [-0.3, -0.25) is 4.90 Å². The molecule has 0 bridgehead atoms. The van der Waals surface area contributed by atoms with Gasteiger partial charge in [-0.15, -0.1) is 0 Å². The number of rotatable bonds is 5. The molecule has 106 valence electrons. The third kappa shape index (κ3) is 4.16. The molecule has 1 N–H and O–H groups in total. The summed E-state index contributed by atoms with van der Waals surface area (Å²) in [6.45, 7) is 7.36. The van der Waals surface area contributed by atoms with Gasteiger partial charge in [-0.25, -0.2) is 4.39 Å². The first-order chi connectivity index (χ1) is 9.06. The Morgan fingerprint density at radius 1 is 1.47 bits per heavy atom. The summed E-state index contributed by atoms with van der Waals surface area (Å²) in [4.78, 5) is 2.41. The highest BCUT2D eigenvalue weighted by Gasteiger charge is 2.20. The van der Waals surface area contributed by atoms with Gasteiger partial charge in [0.1, 0.15) is 5.82 Å². The maximum Gasteiger partial charge on any atom is 0.141 e. The van der Waals surface area contributed by atoms with E-state index in [1.54, 1.807) is 6.07 Å². The van der Waals surface area contributed by atoms with Crippen molar-refractivity contribution in [1.82, 2.24) is 10.2 Å². The Morgan fingerprint density at radius 3 is 2.84 bits per heavy atom. The Balaban J connectivity index is 2.00. The Hall–Kier alpha value is -0.640. The SMILES string of the molecule is CC(C)N(Cc1ccc(F)c(Cl)c1)CC1CCCN1. The van der Waals surface area contributed by atoms with Crippen molar-refractivity contribution in [3.05, 3.63) is 34.6 Å². The molecule has 1 aromatic rings. The molecular weight excluding hydrogens is 263 g/mol. The highest BCUT2D eigenvalue weighted by molar-refractivity contribution is 6.30. The molecular formula is C15H22ClFN2. The third-order valence-corrected chi connectivity index (χ3v) is 4.01. The molecule has 0 radical (unpaired) electrons. The first-order valence-electron chi connectivity index (χ1n) is 6.97. The van der Waals surface area contributed by atoms with Crippen LogP contribution < -0.4 is 5.32 Å². The summed E-state index contributed by atoms with van der Waals surface area (Å²) in [6.07, 6.45) is 2.51. The van der Waals surface area contributed by atoms with Crippen LogP contribution in [0, 0.1) is 5.82 Å². The summed E-state index contributed by atoms with van der Waals surface area (Å²) in [6, 6.07) is 6.04. The normalized spacial score (nSPS) is 19.6. The maximum atomic E-state index is 13.2. The molecule has 0 spiro atoms. The fraction of sp³-hybridized carbons (Fsp3) is 0.600. The predicted molar refractivity (Wildman–Crippen MR) is 78.0 cm³/mol. The Labute approximate surface area is 119 Å². The van der Waals surface area contributed by atoms with E-state index < -0.39 is 0 Å². The van der Waals surface area contributed by atoms with Crippen LogP contribution in [0.15, 0.2) is 18.2 Å². The van der Waals surface area contributed by atoms with E-state index in [0.29, 0.717) is 12.1 Å². The summed E-state index contributed by atoms with van der Waals surface area (Å²) in [5, 5.41) is 3.73. The average Bonchev–Trinajstić information content (AvgIpc) is 2.86. The molecule has 4 heteroatoms. The van der Waals surface area contributed by atoms with Gasteiger partial charge in [0.2, 0.25) is 0 Å². The molecule has 0 amide bonds. The lowest BCUT2D eigenvalue weighted by atomic mass is 10.1. The zero-order valence-corrected chi connectivity index (χ0v) is 12.4. The minimum atomic E-state index is -0.348. The summed E-state index contributed by atoms with van der Waals surface area (Å²) in [5.41, 5.74) is 1.07. The zero-order chi connectivity index (χ0) is 13.8. The molecule has 1 heterocycles. The van der Waals surface area contributed by atoms with E-state index in [2.05, 4.69) is 24.1 Å². The van der Waals surface area contributed by atoms with E-state index in [1.165, 1.54) is 18.9 Å². The number of hydrogen-bond acceptors (Lipinski definition) is 2. The van der Waals surface area contributed by atoms with E-state index in [-0.39, 0.29) is 10.8 Å². The summed E-state index contributed by atoms with van der Waals surface area (Å²) >= 11 is 5.84. The third-order valence-electron chi connectivity index (χ3n) is 3.72. The van der Waals surface area contributed by atoms with E-state index in [1.807, 2.05) is 6.07 Å². The van der Waals surface area contributed by atoms with Crippen LogP contribution in [0.25, 0.3) is 0 Å². The van der Waals surface area contributed by atoms with Gasteiger partial charge >= 0.3 is 0 Å². The van der Waals surface area contributed by atoms with E-state index in [4.69, 9.17) is 11.6 Å². The number of nitrogens with one attached hydrogen (secondary N) is 1. The van der Waals surface area contributed by atoms with Crippen molar-refractivity contribution in [1.29, 1.82) is 0 Å². The second-order valence-corrected chi connectivity index (χ2v) is 5.97. The van der Waals surface area contributed by atoms with Gasteiger partial charge in [-0.2, -0.15) is 0 Å². The molecule has 2 nitrogen and oxygen atoms in total. The van der Waals surface area contributed by atoms with Crippen molar-refractivity contribution in [2.45, 2.75) is 45.3 Å². The average molecular weight is 285 g/mol. The molecule has 1 atom stereocenters. The summed E-state index contributed by atoms with van der Waals surface area (Å²) < 4.78 is 13.2. The number of benzene rings is 1. The van der Waals surface area contributed by atoms with Crippen molar-refractivity contribution < 1.29 is 4.39 Å². The fourth-order valence-corrected chi connectivity index (χ4v) is 2.73. The Bertz CT molecular complexity index is 417. The lowest BCUT2D eigenvalue weighted by molar-refractivity contribution is 0.194. The monoisotopic (exact) mass is 284 g/mol. The van der Waals surface area contributed by atoms with Crippen LogP contribution in [0.5, 0.6) is 0 Å². The largest absolute Gasteiger partial charge is 0.313 e. The van der Waals surface area contributed by atoms with Gasteiger partial charge in [-0.05, 0) is 50.9 Å². The van der Waals surface area contributed by atoms with E-state index in [9.17, 15) is 4.39 Å². The van der Waals surface area contributed by atoms with Gasteiger partial charge in [0.15, 0.2) is 0 Å². The van der Waals surface area contributed by atoms with E-state index in [0.717, 1.165) is 25.2 Å². The molecule has 2 rings (SSSR count). The van der Waals surface area contributed by atoms with Gasteiger partial charge in [0.25, 0.3) is 0 Å². The lowest BCUT2D eigenvalue weighted by Gasteiger charge is -2.29. The fourth-order valence-electron chi connectivity index (χ4n) is 2.53. The van der Waals surface area contributed by atoms with Crippen molar-refractivity contribution >= 4 is 11.6 Å². The van der Waals surface area contributed by atoms with Crippen LogP contribution in [0.1, 0.15) is 32.3 Å². The van der Waals surface area contributed by atoms with Crippen LogP contribution in [-0.4, -0.2) is 30.1 Å². The second-order valence-electron chi connectivity index (χ2n) is 5.56. The van der Waals surface area contributed by atoms with Gasteiger partial charge < -0.3 is 5.32 Å². The molecule has 1 saturated heterocycles. The minimum Gasteiger partial charge on any atom is -0.313 e. The second kappa shape index (κ2) is 6.69. The smallest absolute Gasteiger partial charge is 0.141 e. The standard InChI is InChI=1S/C15H22ClFN2/c1-11(2)19(10-13-4-3-7-18-13)9-12-5-6-15(17)14(16)8-12/h5-6,8,11,13,18H,3-4,7,9-10H2,1-2H3. The number of halogens is 2. The molecule has 1 unspecified atom stereocenters. The van der Waals surface area contributed by atoms with Crippen molar-refractivity contribution in [2.24, 2.45) is 0 Å². The first kappa shape index (κ1) is 14.8. The van der Waals surface area contributed by atoms with Crippen LogP contribution >= 0.6 is 11.6 Å². The quantitative estimate of drug-likeness (QED) is 0.891. The van der Waals surface area contributed by atoms with Crippen molar-refractivity contribution in [3.63, 3.8) is 0 Å². The van der Waals surface area contributed by atoms with Crippen LogP contribution in [-0.2, 0) is 6.54 Å². The molecule has 1 aromatic carbocycles. The molecule has 1 aliphatic rings. The summed E-state index contributed by atoms with van der Waals surface area (Å²) in [5.74, 6) is -0.348. The van der Waals surface area contributed by atoms with Gasteiger partial charge in [-0.1, -0.05) is 17.7 Å². The van der Waals surface area contributed by atoms with Crippen molar-refractivity contribution in [3.8, 4) is 0 Å². The molecule has 1 fully saturated rings. The molecule has 0 aromatic heterocycles. The van der Waals surface area contributed by atoms with Crippen LogP contribution in [0.4, 0.5) is 4.39 Å². The Kier molecular flexibility index (Phi) is 5.20. The zero-order valence-electron chi connectivity index (χ0n) is 11.6. The number of hydrogen-bond donors (Lipinski definition) is 1. The first-order valence-corrected chi connectivity index (χ1v) is 7.35. The van der Waals surface area contributed by atoms with Gasteiger partial charge in [0.05, 0.1) is 5.02 Å². The molecule has 0 aliphatic carbocycles. The topological polar surface area (TPSA) is 15.3 Å². The Morgan fingerprint density at radius 2 is 2.26 bits per heavy atom. The lowest BCUT2D eigenvalue weighted by Crippen LogP contribution is -2.40. The molecule has 19 heavy (non-hydrogen) atoms. The summed E-state index contributed by atoms with van der Waals surface area (Å²) in [7, 11) is 0. The highest BCUT2D eigenvalue weighted by atomic mass is 35.5. The minimum absolute atomic E-state index is 0.209.